The molecule has 1 heteroatoms. The van der Waals surface area contributed by atoms with Crippen molar-refractivity contribution in [1.29, 1.82) is 0 Å². The standard InChI is InChI=1S/C16H33N/c1-3-5-7-8-9-10-14-17-15-11-13-16(17)12-6-4-2/h16H,3-15H2,1-2H3. The van der Waals surface area contributed by atoms with Gasteiger partial charge in [-0.05, 0) is 38.8 Å². The lowest BCUT2D eigenvalue weighted by atomic mass is 10.1. The highest BCUT2D eigenvalue weighted by atomic mass is 15.2. The summed E-state index contributed by atoms with van der Waals surface area (Å²) >= 11 is 0. The molecular formula is C16H33N. The van der Waals surface area contributed by atoms with Crippen LogP contribution in [0, 0.1) is 0 Å². The van der Waals surface area contributed by atoms with Crippen molar-refractivity contribution in [3.8, 4) is 0 Å². The van der Waals surface area contributed by atoms with E-state index >= 15 is 0 Å². The second kappa shape index (κ2) is 9.94. The second-order valence-electron chi connectivity index (χ2n) is 5.74. The first-order valence-corrected chi connectivity index (χ1v) is 8.12. The van der Waals surface area contributed by atoms with Crippen molar-refractivity contribution in [3.63, 3.8) is 0 Å². The van der Waals surface area contributed by atoms with Crippen LogP contribution in [-0.4, -0.2) is 24.0 Å². The highest BCUT2D eigenvalue weighted by molar-refractivity contribution is 4.78. The maximum absolute atomic E-state index is 2.77. The maximum atomic E-state index is 2.77. The summed E-state index contributed by atoms with van der Waals surface area (Å²) < 4.78 is 0. The Morgan fingerprint density at radius 3 is 2.35 bits per heavy atom. The number of hydrogen-bond donors (Lipinski definition) is 0. The summed E-state index contributed by atoms with van der Waals surface area (Å²) in [5.74, 6) is 0. The van der Waals surface area contributed by atoms with Gasteiger partial charge in [-0.1, -0.05) is 58.8 Å². The predicted molar refractivity (Wildman–Crippen MR) is 77.5 cm³/mol. The Morgan fingerprint density at radius 2 is 1.59 bits per heavy atom. The minimum atomic E-state index is 0.936. The van der Waals surface area contributed by atoms with Crippen LogP contribution in [-0.2, 0) is 0 Å². The van der Waals surface area contributed by atoms with Crippen molar-refractivity contribution >= 4 is 0 Å². The van der Waals surface area contributed by atoms with E-state index in [9.17, 15) is 0 Å². The fourth-order valence-corrected chi connectivity index (χ4v) is 3.05. The molecular weight excluding hydrogens is 206 g/mol. The van der Waals surface area contributed by atoms with E-state index in [4.69, 9.17) is 0 Å². The van der Waals surface area contributed by atoms with E-state index < -0.39 is 0 Å². The third-order valence-electron chi connectivity index (χ3n) is 4.19. The highest BCUT2D eigenvalue weighted by Gasteiger charge is 2.22. The Morgan fingerprint density at radius 1 is 0.882 bits per heavy atom. The second-order valence-corrected chi connectivity index (χ2v) is 5.74. The van der Waals surface area contributed by atoms with Crippen LogP contribution < -0.4 is 0 Å². The minimum Gasteiger partial charge on any atom is -0.300 e. The summed E-state index contributed by atoms with van der Waals surface area (Å²) in [6, 6.07) is 0.936. The lowest BCUT2D eigenvalue weighted by molar-refractivity contribution is 0.234. The summed E-state index contributed by atoms with van der Waals surface area (Å²) in [6.45, 7) is 7.36. The zero-order valence-electron chi connectivity index (χ0n) is 12.2. The number of rotatable bonds is 10. The highest BCUT2D eigenvalue weighted by Crippen LogP contribution is 2.22. The van der Waals surface area contributed by atoms with Crippen molar-refractivity contribution in [2.24, 2.45) is 0 Å². The van der Waals surface area contributed by atoms with Gasteiger partial charge < -0.3 is 4.90 Å². The largest absolute Gasteiger partial charge is 0.300 e. The molecule has 1 unspecified atom stereocenters. The molecule has 0 aromatic rings. The van der Waals surface area contributed by atoms with Gasteiger partial charge in [-0.15, -0.1) is 0 Å². The van der Waals surface area contributed by atoms with E-state index in [1.54, 1.807) is 0 Å². The molecule has 1 saturated heterocycles. The first-order valence-electron chi connectivity index (χ1n) is 8.12. The quantitative estimate of drug-likeness (QED) is 0.485. The zero-order chi connectivity index (χ0) is 12.3. The van der Waals surface area contributed by atoms with E-state index in [1.165, 1.54) is 83.7 Å². The van der Waals surface area contributed by atoms with Gasteiger partial charge in [0.2, 0.25) is 0 Å². The van der Waals surface area contributed by atoms with E-state index in [0.29, 0.717) is 0 Å². The van der Waals surface area contributed by atoms with E-state index in [1.807, 2.05) is 0 Å². The molecule has 1 heterocycles. The lowest BCUT2D eigenvalue weighted by Crippen LogP contribution is -2.30. The van der Waals surface area contributed by atoms with Crippen LogP contribution in [0.2, 0.25) is 0 Å². The number of likely N-dealkylation sites (tertiary alicyclic amines) is 1. The molecule has 0 spiro atoms. The molecule has 0 aliphatic carbocycles. The summed E-state index contributed by atoms with van der Waals surface area (Å²) in [5.41, 5.74) is 0. The smallest absolute Gasteiger partial charge is 0.00957 e. The Balaban J connectivity index is 2.00. The molecule has 0 bridgehead atoms. The Labute approximate surface area is 109 Å². The number of nitrogens with zero attached hydrogens (tertiary/aromatic N) is 1. The van der Waals surface area contributed by atoms with Crippen LogP contribution in [0.4, 0.5) is 0 Å². The fourth-order valence-electron chi connectivity index (χ4n) is 3.05. The van der Waals surface area contributed by atoms with Crippen LogP contribution in [0.25, 0.3) is 0 Å². The van der Waals surface area contributed by atoms with Crippen molar-refractivity contribution in [2.75, 3.05) is 13.1 Å². The maximum Gasteiger partial charge on any atom is 0.00957 e. The summed E-state index contributed by atoms with van der Waals surface area (Å²) in [6.07, 6.45) is 15.8. The third-order valence-corrected chi connectivity index (χ3v) is 4.19. The van der Waals surface area contributed by atoms with E-state index in [-0.39, 0.29) is 0 Å². The molecule has 0 N–H and O–H groups in total. The Kier molecular flexibility index (Phi) is 8.78. The topological polar surface area (TPSA) is 3.24 Å². The molecule has 1 nitrogen and oxygen atoms in total. The molecule has 1 aliphatic rings. The normalized spacial score (nSPS) is 21.2. The van der Waals surface area contributed by atoms with E-state index in [0.717, 1.165) is 6.04 Å². The number of unbranched alkanes of at least 4 members (excludes halogenated alkanes) is 6. The average molecular weight is 239 g/mol. The van der Waals surface area contributed by atoms with Gasteiger partial charge in [0.15, 0.2) is 0 Å². The predicted octanol–water partition coefficient (Wildman–Crippen LogP) is 5.00. The molecule has 0 aromatic heterocycles. The first kappa shape index (κ1) is 15.0. The van der Waals surface area contributed by atoms with Gasteiger partial charge in [-0.25, -0.2) is 0 Å². The van der Waals surface area contributed by atoms with E-state index in [2.05, 4.69) is 18.7 Å². The molecule has 1 fully saturated rings. The summed E-state index contributed by atoms with van der Waals surface area (Å²) in [4.78, 5) is 2.77. The molecule has 0 saturated carbocycles. The van der Waals surface area contributed by atoms with Crippen LogP contribution in [0.15, 0.2) is 0 Å². The van der Waals surface area contributed by atoms with Crippen LogP contribution >= 0.6 is 0 Å². The van der Waals surface area contributed by atoms with Crippen molar-refractivity contribution in [2.45, 2.75) is 90.5 Å². The third kappa shape index (κ3) is 6.45. The van der Waals surface area contributed by atoms with Gasteiger partial charge in [0.05, 0.1) is 0 Å². The van der Waals surface area contributed by atoms with Crippen molar-refractivity contribution in [1.82, 2.24) is 4.90 Å². The minimum absolute atomic E-state index is 0.936. The summed E-state index contributed by atoms with van der Waals surface area (Å²) in [5, 5.41) is 0. The molecule has 0 aromatic carbocycles. The Bertz CT molecular complexity index is 167. The first-order chi connectivity index (χ1) is 8.38. The average Bonchev–Trinajstić information content (AvgIpc) is 2.78. The van der Waals surface area contributed by atoms with Gasteiger partial charge in [-0.3, -0.25) is 0 Å². The fraction of sp³-hybridized carbons (Fsp3) is 1.00. The molecule has 1 aliphatic heterocycles. The monoisotopic (exact) mass is 239 g/mol. The zero-order valence-corrected chi connectivity index (χ0v) is 12.2. The van der Waals surface area contributed by atoms with Crippen LogP contribution in [0.1, 0.15) is 84.5 Å². The van der Waals surface area contributed by atoms with Gasteiger partial charge in [-0.2, -0.15) is 0 Å². The molecule has 0 amide bonds. The molecule has 0 radical (unpaired) electrons. The van der Waals surface area contributed by atoms with Gasteiger partial charge >= 0.3 is 0 Å². The molecule has 1 rings (SSSR count). The lowest BCUT2D eigenvalue weighted by Gasteiger charge is -2.24. The summed E-state index contributed by atoms with van der Waals surface area (Å²) in [7, 11) is 0. The Hall–Kier alpha value is -0.0400. The van der Waals surface area contributed by atoms with Gasteiger partial charge in [0.25, 0.3) is 0 Å². The van der Waals surface area contributed by atoms with Crippen molar-refractivity contribution < 1.29 is 0 Å². The number of hydrogen-bond acceptors (Lipinski definition) is 1. The van der Waals surface area contributed by atoms with Crippen LogP contribution in [0.5, 0.6) is 0 Å². The molecule has 1 atom stereocenters. The van der Waals surface area contributed by atoms with Crippen molar-refractivity contribution in [3.05, 3.63) is 0 Å². The van der Waals surface area contributed by atoms with Gasteiger partial charge in [0, 0.05) is 6.04 Å². The molecule has 102 valence electrons. The molecule has 17 heavy (non-hydrogen) atoms. The SMILES string of the molecule is CCCCCCCCN1CCCC1CCCC. The van der Waals surface area contributed by atoms with Crippen LogP contribution in [0.3, 0.4) is 0 Å². The van der Waals surface area contributed by atoms with Gasteiger partial charge in [0.1, 0.15) is 0 Å².